The van der Waals surface area contributed by atoms with Crippen molar-refractivity contribution in [1.29, 1.82) is 0 Å². The number of aryl methyl sites for hydroxylation is 1. The molecule has 0 unspecified atom stereocenters. The zero-order valence-corrected chi connectivity index (χ0v) is 15.9. The van der Waals surface area contributed by atoms with Gasteiger partial charge in [0.05, 0.1) is 23.6 Å². The molecule has 0 aromatic heterocycles. The number of hydrogen-bond donors (Lipinski definition) is 0. The van der Waals surface area contributed by atoms with Crippen LogP contribution in [-0.4, -0.2) is 40.5 Å². The molecule has 1 aliphatic heterocycles. The molecule has 0 N–H and O–H groups in total. The average molecular weight is 375 g/mol. The summed E-state index contributed by atoms with van der Waals surface area (Å²) in [6.07, 6.45) is 3.72. The number of rotatable bonds is 5. The Bertz CT molecular complexity index is 942. The highest BCUT2D eigenvalue weighted by Gasteiger charge is 2.41. The fraction of sp³-hybridized carbons (Fsp3) is 0.263. The Kier molecular flexibility index (Phi) is 5.02. The topological polar surface area (TPSA) is 43.9 Å². The smallest absolute Gasteiger partial charge is 0.306 e. The molecule has 0 saturated heterocycles. The first kappa shape index (κ1) is 18.4. The fourth-order valence-corrected chi connectivity index (χ4v) is 4.55. The third-order valence-electron chi connectivity index (χ3n) is 4.11. The second kappa shape index (κ2) is 7.09. The van der Waals surface area contributed by atoms with E-state index in [1.165, 1.54) is 16.4 Å². The van der Waals surface area contributed by atoms with Crippen molar-refractivity contribution in [3.05, 3.63) is 66.0 Å². The summed E-state index contributed by atoms with van der Waals surface area (Å²) in [5.41, 5.74) is 1.76. The largest absolute Gasteiger partial charge is 0.331 e. The molecular formula is C19H22FN3O2S. The molecule has 0 aliphatic carbocycles. The van der Waals surface area contributed by atoms with Crippen LogP contribution in [0.3, 0.4) is 0 Å². The summed E-state index contributed by atoms with van der Waals surface area (Å²) in [6.45, 7) is 2.67. The number of fused-ring (bicyclic) bond motifs is 1. The predicted octanol–water partition coefficient (Wildman–Crippen LogP) is 3.45. The van der Waals surface area contributed by atoms with Crippen molar-refractivity contribution in [3.8, 4) is 0 Å². The number of para-hydroxylation sites is 2. The molecule has 5 nitrogen and oxygen atoms in total. The van der Waals surface area contributed by atoms with Crippen LogP contribution in [0.1, 0.15) is 5.56 Å². The van der Waals surface area contributed by atoms with Crippen LogP contribution in [-0.2, 0) is 10.2 Å². The molecule has 0 spiro atoms. The highest BCUT2D eigenvalue weighted by Crippen LogP contribution is 2.45. The van der Waals surface area contributed by atoms with Crippen LogP contribution in [0.4, 0.5) is 21.5 Å². The Balaban J connectivity index is 2.03. The molecule has 0 saturated carbocycles. The second-order valence-corrected chi connectivity index (χ2v) is 8.18. The van der Waals surface area contributed by atoms with Gasteiger partial charge in [-0.2, -0.15) is 8.42 Å². The lowest BCUT2D eigenvalue weighted by Gasteiger charge is -2.21. The minimum atomic E-state index is -3.91. The van der Waals surface area contributed by atoms with Gasteiger partial charge in [0, 0.05) is 6.54 Å². The molecule has 0 radical (unpaired) electrons. The van der Waals surface area contributed by atoms with Gasteiger partial charge in [-0.25, -0.2) is 13.0 Å². The lowest BCUT2D eigenvalue weighted by Crippen LogP contribution is -2.35. The molecule has 1 aliphatic rings. The fourth-order valence-electron chi connectivity index (χ4n) is 2.87. The van der Waals surface area contributed by atoms with E-state index in [1.54, 1.807) is 37.3 Å². The molecule has 7 heteroatoms. The van der Waals surface area contributed by atoms with Gasteiger partial charge in [0.2, 0.25) is 0 Å². The Hall–Kier alpha value is -2.38. The van der Waals surface area contributed by atoms with E-state index < -0.39 is 16.0 Å². The van der Waals surface area contributed by atoms with E-state index >= 15 is 0 Å². The molecule has 0 fully saturated rings. The Morgan fingerprint density at radius 1 is 1.04 bits per heavy atom. The molecule has 0 bridgehead atoms. The summed E-state index contributed by atoms with van der Waals surface area (Å²) in [4.78, 5) is 1.98. The summed E-state index contributed by atoms with van der Waals surface area (Å²) in [5, 5.41) is 0. The van der Waals surface area contributed by atoms with Crippen molar-refractivity contribution in [2.24, 2.45) is 0 Å². The van der Waals surface area contributed by atoms with Crippen molar-refractivity contribution >= 4 is 27.3 Å². The van der Waals surface area contributed by atoms with Gasteiger partial charge in [-0.1, -0.05) is 30.4 Å². The van der Waals surface area contributed by atoms with E-state index in [0.29, 0.717) is 17.9 Å². The zero-order chi connectivity index (χ0) is 18.9. The first-order chi connectivity index (χ1) is 12.3. The minimum absolute atomic E-state index is 0.0304. The van der Waals surface area contributed by atoms with Gasteiger partial charge < -0.3 is 4.90 Å². The molecule has 3 rings (SSSR count). The van der Waals surface area contributed by atoms with Crippen molar-refractivity contribution in [3.63, 3.8) is 0 Å². The predicted molar refractivity (Wildman–Crippen MR) is 104 cm³/mol. The van der Waals surface area contributed by atoms with E-state index in [9.17, 15) is 12.8 Å². The summed E-state index contributed by atoms with van der Waals surface area (Å²) in [5.74, 6) is -0.562. The highest BCUT2D eigenvalue weighted by molar-refractivity contribution is 7.95. The highest BCUT2D eigenvalue weighted by atomic mass is 32.2. The summed E-state index contributed by atoms with van der Waals surface area (Å²) in [7, 11) is -0.0370. The number of anilines is 3. The second-order valence-electron chi connectivity index (χ2n) is 6.48. The minimum Gasteiger partial charge on any atom is -0.306 e. The van der Waals surface area contributed by atoms with E-state index in [0.717, 1.165) is 9.87 Å². The van der Waals surface area contributed by atoms with Crippen molar-refractivity contribution < 1.29 is 12.8 Å². The number of halogens is 1. The first-order valence-corrected chi connectivity index (χ1v) is 9.70. The van der Waals surface area contributed by atoms with Gasteiger partial charge in [0.25, 0.3) is 0 Å². The molecule has 26 heavy (non-hydrogen) atoms. The summed E-state index contributed by atoms with van der Waals surface area (Å²) in [6, 6.07) is 11.5. The van der Waals surface area contributed by atoms with Crippen LogP contribution in [0.5, 0.6) is 0 Å². The van der Waals surface area contributed by atoms with Gasteiger partial charge in [-0.3, -0.25) is 0 Å². The van der Waals surface area contributed by atoms with Crippen LogP contribution in [0.2, 0.25) is 0 Å². The lowest BCUT2D eigenvalue weighted by molar-refractivity contribution is 0.456. The molecule has 2 aromatic rings. The van der Waals surface area contributed by atoms with Crippen LogP contribution in [0.25, 0.3) is 0 Å². The third-order valence-corrected chi connectivity index (χ3v) is 5.87. The monoisotopic (exact) mass is 375 g/mol. The van der Waals surface area contributed by atoms with Gasteiger partial charge in [0.1, 0.15) is 5.82 Å². The molecule has 138 valence electrons. The molecule has 0 atom stereocenters. The van der Waals surface area contributed by atoms with E-state index in [4.69, 9.17) is 0 Å². The van der Waals surface area contributed by atoms with Gasteiger partial charge in [-0.05, 0) is 50.8 Å². The number of nitrogens with zero attached hydrogens (tertiary/aromatic N) is 3. The Morgan fingerprint density at radius 3 is 2.38 bits per heavy atom. The average Bonchev–Trinajstić information content (AvgIpc) is 2.79. The van der Waals surface area contributed by atoms with Crippen LogP contribution < -0.4 is 8.61 Å². The van der Waals surface area contributed by atoms with E-state index in [2.05, 4.69) is 0 Å². The van der Waals surface area contributed by atoms with Crippen LogP contribution >= 0.6 is 0 Å². The quantitative estimate of drug-likeness (QED) is 0.752. The van der Waals surface area contributed by atoms with Crippen molar-refractivity contribution in [2.75, 3.05) is 35.8 Å². The number of hydrogen-bond acceptors (Lipinski definition) is 3. The van der Waals surface area contributed by atoms with Crippen molar-refractivity contribution in [1.82, 2.24) is 4.90 Å². The lowest BCUT2D eigenvalue weighted by atomic mass is 10.2. The zero-order valence-electron chi connectivity index (χ0n) is 15.1. The summed E-state index contributed by atoms with van der Waals surface area (Å²) < 4.78 is 43.2. The standard InChI is InChI=1S/C19H22FN3O2S/c1-15-10-11-17(16(20)14-15)23-19-9-5-4-8-18(19)22(26(23,24)25)13-7-6-12-21(2)3/h4-11,14H,12-13H2,1-3H3/b7-6-. The van der Waals surface area contributed by atoms with Gasteiger partial charge in [-0.15, -0.1) is 0 Å². The molecule has 1 heterocycles. The third kappa shape index (κ3) is 3.32. The maximum Gasteiger partial charge on any atom is 0.331 e. The molecule has 2 aromatic carbocycles. The maximum absolute atomic E-state index is 14.5. The maximum atomic E-state index is 14.5. The molecular weight excluding hydrogens is 353 g/mol. The van der Waals surface area contributed by atoms with Crippen molar-refractivity contribution in [2.45, 2.75) is 6.92 Å². The first-order valence-electron chi connectivity index (χ1n) is 8.30. The summed E-state index contributed by atoms with van der Waals surface area (Å²) >= 11 is 0. The number of likely N-dealkylation sites (N-methyl/N-ethyl adjacent to an activating group) is 1. The number of benzene rings is 2. The SMILES string of the molecule is Cc1ccc(N2c3ccccc3N(C/C=C\CN(C)C)S2(=O)=O)c(F)c1. The van der Waals surface area contributed by atoms with Crippen LogP contribution in [0.15, 0.2) is 54.6 Å². The normalized spacial score (nSPS) is 15.9. The Morgan fingerprint density at radius 2 is 1.73 bits per heavy atom. The van der Waals surface area contributed by atoms with E-state index in [-0.39, 0.29) is 12.2 Å². The van der Waals surface area contributed by atoms with E-state index in [1.807, 2.05) is 31.1 Å². The Labute approximate surface area is 154 Å². The van der Waals surface area contributed by atoms with Crippen LogP contribution in [0, 0.1) is 12.7 Å². The molecule has 0 amide bonds. The van der Waals surface area contributed by atoms with Gasteiger partial charge >= 0.3 is 10.2 Å². The van der Waals surface area contributed by atoms with Gasteiger partial charge in [0.15, 0.2) is 0 Å².